The molecule has 3 rings (SSSR count). The van der Waals surface area contributed by atoms with Crippen molar-refractivity contribution in [2.75, 3.05) is 13.7 Å². The van der Waals surface area contributed by atoms with E-state index >= 15 is 0 Å². The molecule has 2 heterocycles. The third-order valence-corrected chi connectivity index (χ3v) is 3.45. The van der Waals surface area contributed by atoms with Crippen LogP contribution in [0, 0.1) is 0 Å². The predicted octanol–water partition coefficient (Wildman–Crippen LogP) is 1.82. The van der Waals surface area contributed by atoms with Gasteiger partial charge in [0.25, 0.3) is 5.91 Å². The van der Waals surface area contributed by atoms with E-state index in [1.165, 1.54) is 7.11 Å². The molecule has 0 radical (unpaired) electrons. The van der Waals surface area contributed by atoms with Gasteiger partial charge in [-0.05, 0) is 18.9 Å². The summed E-state index contributed by atoms with van der Waals surface area (Å²) in [4.78, 5) is 25.7. The summed E-state index contributed by atoms with van der Waals surface area (Å²) in [7, 11) is 1.37. The molecule has 0 N–H and O–H groups in total. The quantitative estimate of drug-likeness (QED) is 0.707. The van der Waals surface area contributed by atoms with Gasteiger partial charge in [0.15, 0.2) is 0 Å². The number of hydrogen-bond acceptors (Lipinski definition) is 3. The summed E-state index contributed by atoms with van der Waals surface area (Å²) in [6, 6.07) is 7.41. The van der Waals surface area contributed by atoms with Crippen LogP contribution in [0.15, 0.2) is 29.8 Å². The van der Waals surface area contributed by atoms with E-state index in [4.69, 9.17) is 4.74 Å². The standard InChI is InChI=1S/C14H13NO3/c1-18-14(17)11-7-4-8-15-12(11)9-5-2-3-6-10(9)13(15)16/h2-3,5-6H,4,7-8H2,1H3. The number of carbonyl (C=O) groups is 2. The Bertz CT molecular complexity index is 574. The van der Waals surface area contributed by atoms with Crippen molar-refractivity contribution >= 4 is 17.6 Å². The number of ether oxygens (including phenoxy) is 1. The van der Waals surface area contributed by atoms with Gasteiger partial charge in [-0.3, -0.25) is 4.79 Å². The lowest BCUT2D eigenvalue weighted by Gasteiger charge is -2.25. The van der Waals surface area contributed by atoms with Crippen LogP contribution in [-0.4, -0.2) is 30.4 Å². The van der Waals surface area contributed by atoms with Crippen molar-refractivity contribution in [2.24, 2.45) is 0 Å². The highest BCUT2D eigenvalue weighted by Crippen LogP contribution is 2.39. The number of carbonyl (C=O) groups excluding carboxylic acids is 2. The highest BCUT2D eigenvalue weighted by atomic mass is 16.5. The molecule has 0 saturated heterocycles. The Balaban J connectivity index is 2.23. The van der Waals surface area contributed by atoms with Crippen LogP contribution in [0.2, 0.25) is 0 Å². The normalized spacial score (nSPS) is 17.6. The Hall–Kier alpha value is -2.10. The van der Waals surface area contributed by atoms with Crippen LogP contribution in [0.3, 0.4) is 0 Å². The molecule has 1 aromatic carbocycles. The van der Waals surface area contributed by atoms with Gasteiger partial charge in [0.1, 0.15) is 0 Å². The zero-order valence-corrected chi connectivity index (χ0v) is 10.1. The lowest BCUT2D eigenvalue weighted by Crippen LogP contribution is -2.30. The van der Waals surface area contributed by atoms with Crippen LogP contribution in [0.1, 0.15) is 28.8 Å². The van der Waals surface area contributed by atoms with E-state index < -0.39 is 0 Å². The van der Waals surface area contributed by atoms with Crippen LogP contribution in [0.5, 0.6) is 0 Å². The molecule has 0 unspecified atom stereocenters. The van der Waals surface area contributed by atoms with Crippen molar-refractivity contribution in [1.29, 1.82) is 0 Å². The summed E-state index contributed by atoms with van der Waals surface area (Å²) in [5.74, 6) is -0.346. The van der Waals surface area contributed by atoms with Gasteiger partial charge in [-0.1, -0.05) is 18.2 Å². The molecule has 18 heavy (non-hydrogen) atoms. The maximum Gasteiger partial charge on any atom is 0.335 e. The van der Waals surface area contributed by atoms with Crippen LogP contribution in [0.25, 0.3) is 5.70 Å². The van der Waals surface area contributed by atoms with Crippen molar-refractivity contribution in [3.05, 3.63) is 41.0 Å². The molecule has 0 spiro atoms. The highest BCUT2D eigenvalue weighted by Gasteiger charge is 2.37. The SMILES string of the molecule is COC(=O)C1=C2c3ccccc3C(=O)N2CCC1. The minimum atomic E-state index is -0.334. The molecular weight excluding hydrogens is 230 g/mol. The number of esters is 1. The topological polar surface area (TPSA) is 46.6 Å². The fourth-order valence-corrected chi connectivity index (χ4v) is 2.66. The highest BCUT2D eigenvalue weighted by molar-refractivity contribution is 6.13. The Morgan fingerprint density at radius 2 is 2.00 bits per heavy atom. The number of rotatable bonds is 1. The lowest BCUT2D eigenvalue weighted by atomic mass is 9.99. The van der Waals surface area contributed by atoms with Gasteiger partial charge in [0, 0.05) is 17.7 Å². The summed E-state index contributed by atoms with van der Waals surface area (Å²) in [6.07, 6.45) is 1.47. The van der Waals surface area contributed by atoms with Crippen molar-refractivity contribution in [3.8, 4) is 0 Å². The predicted molar refractivity (Wildman–Crippen MR) is 65.6 cm³/mol. The van der Waals surface area contributed by atoms with E-state index in [9.17, 15) is 9.59 Å². The molecule has 0 aromatic heterocycles. The lowest BCUT2D eigenvalue weighted by molar-refractivity contribution is -0.136. The summed E-state index contributed by atoms with van der Waals surface area (Å²) >= 11 is 0. The molecule has 92 valence electrons. The molecule has 0 atom stereocenters. The first-order valence-corrected chi connectivity index (χ1v) is 5.96. The third kappa shape index (κ3) is 1.38. The van der Waals surface area contributed by atoms with Crippen LogP contribution >= 0.6 is 0 Å². The van der Waals surface area contributed by atoms with Gasteiger partial charge in [-0.15, -0.1) is 0 Å². The van der Waals surface area contributed by atoms with E-state index in [2.05, 4.69) is 0 Å². The zero-order chi connectivity index (χ0) is 12.7. The van der Waals surface area contributed by atoms with Crippen LogP contribution in [0.4, 0.5) is 0 Å². The Labute approximate surface area is 105 Å². The van der Waals surface area contributed by atoms with E-state index in [0.29, 0.717) is 24.1 Å². The molecule has 2 aliphatic rings. The molecule has 1 amide bonds. The largest absolute Gasteiger partial charge is 0.466 e. The second-order valence-electron chi connectivity index (χ2n) is 4.42. The summed E-state index contributed by atoms with van der Waals surface area (Å²) < 4.78 is 4.81. The molecule has 2 aliphatic heterocycles. The number of hydrogen-bond donors (Lipinski definition) is 0. The summed E-state index contributed by atoms with van der Waals surface area (Å²) in [6.45, 7) is 0.670. The van der Waals surface area contributed by atoms with Gasteiger partial charge in [0.2, 0.25) is 0 Å². The minimum Gasteiger partial charge on any atom is -0.466 e. The molecule has 0 bridgehead atoms. The molecule has 0 aliphatic carbocycles. The number of fused-ring (bicyclic) bond motifs is 3. The van der Waals surface area contributed by atoms with Crippen molar-refractivity contribution in [1.82, 2.24) is 4.90 Å². The van der Waals surface area contributed by atoms with E-state index in [1.807, 2.05) is 18.2 Å². The first-order chi connectivity index (χ1) is 8.74. The van der Waals surface area contributed by atoms with Gasteiger partial charge in [-0.25, -0.2) is 4.79 Å². The van der Waals surface area contributed by atoms with Gasteiger partial charge in [0.05, 0.1) is 18.4 Å². The smallest absolute Gasteiger partial charge is 0.335 e. The first kappa shape index (κ1) is 11.0. The number of methoxy groups -OCH3 is 1. The van der Waals surface area contributed by atoms with Crippen LogP contribution < -0.4 is 0 Å². The van der Waals surface area contributed by atoms with Gasteiger partial charge >= 0.3 is 5.97 Å². The zero-order valence-electron chi connectivity index (χ0n) is 10.1. The average molecular weight is 243 g/mol. The van der Waals surface area contributed by atoms with Crippen molar-refractivity contribution in [3.63, 3.8) is 0 Å². The molecular formula is C14H13NO3. The van der Waals surface area contributed by atoms with Crippen molar-refractivity contribution < 1.29 is 14.3 Å². The van der Waals surface area contributed by atoms with E-state index in [0.717, 1.165) is 17.7 Å². The fourth-order valence-electron chi connectivity index (χ4n) is 2.66. The molecule has 1 aromatic rings. The maximum atomic E-state index is 12.2. The summed E-state index contributed by atoms with van der Waals surface area (Å²) in [5.41, 5.74) is 2.88. The number of benzene rings is 1. The number of amides is 1. The van der Waals surface area contributed by atoms with Gasteiger partial charge < -0.3 is 9.64 Å². The Morgan fingerprint density at radius 1 is 1.28 bits per heavy atom. The fraction of sp³-hybridized carbons (Fsp3) is 0.286. The Kier molecular flexibility index (Phi) is 2.44. The monoisotopic (exact) mass is 243 g/mol. The van der Waals surface area contributed by atoms with Gasteiger partial charge in [-0.2, -0.15) is 0 Å². The van der Waals surface area contributed by atoms with E-state index in [-0.39, 0.29) is 11.9 Å². The number of nitrogens with zero attached hydrogens (tertiary/aromatic N) is 1. The maximum absolute atomic E-state index is 12.2. The van der Waals surface area contributed by atoms with Crippen LogP contribution in [-0.2, 0) is 9.53 Å². The average Bonchev–Trinajstić information content (AvgIpc) is 2.72. The second-order valence-corrected chi connectivity index (χ2v) is 4.42. The second kappa shape index (κ2) is 3.98. The molecule has 0 saturated carbocycles. The summed E-state index contributed by atoms with van der Waals surface area (Å²) in [5, 5.41) is 0. The van der Waals surface area contributed by atoms with E-state index in [1.54, 1.807) is 11.0 Å². The first-order valence-electron chi connectivity index (χ1n) is 5.96. The molecule has 4 heteroatoms. The minimum absolute atomic E-state index is 0.0123. The Morgan fingerprint density at radius 3 is 2.72 bits per heavy atom. The van der Waals surface area contributed by atoms with Crippen molar-refractivity contribution in [2.45, 2.75) is 12.8 Å². The molecule has 4 nitrogen and oxygen atoms in total. The molecule has 0 fully saturated rings. The third-order valence-electron chi connectivity index (χ3n) is 3.45.